The minimum absolute atomic E-state index is 0.245. The first-order valence-electron chi connectivity index (χ1n) is 7.90. The number of morpholine rings is 1. The van der Waals surface area contributed by atoms with E-state index in [1.807, 2.05) is 0 Å². The standard InChI is InChI=1S/C15H24N4O4S/c1-24(21,22)19(8-7-18-9-11-23-12-10-18)6-5-17-15(20)14-3-2-4-16-13-14/h2-4,13H,5-12H2,1H3,(H,17,20). The van der Waals surface area contributed by atoms with Gasteiger partial charge in [0.2, 0.25) is 10.0 Å². The van der Waals surface area contributed by atoms with E-state index in [1.165, 1.54) is 16.8 Å². The zero-order valence-corrected chi connectivity index (χ0v) is 14.7. The molecule has 24 heavy (non-hydrogen) atoms. The fraction of sp³-hybridized carbons (Fsp3) is 0.600. The lowest BCUT2D eigenvalue weighted by Gasteiger charge is -2.29. The zero-order valence-electron chi connectivity index (χ0n) is 13.8. The molecule has 1 aliphatic rings. The minimum Gasteiger partial charge on any atom is -0.379 e. The average Bonchev–Trinajstić information content (AvgIpc) is 2.58. The largest absolute Gasteiger partial charge is 0.379 e. The van der Waals surface area contributed by atoms with Crippen molar-refractivity contribution in [2.75, 3.05) is 58.7 Å². The molecule has 0 atom stereocenters. The Balaban J connectivity index is 1.79. The summed E-state index contributed by atoms with van der Waals surface area (Å²) < 4.78 is 30.5. The highest BCUT2D eigenvalue weighted by Gasteiger charge is 2.19. The van der Waals surface area contributed by atoms with E-state index in [-0.39, 0.29) is 19.0 Å². The van der Waals surface area contributed by atoms with Crippen molar-refractivity contribution in [2.24, 2.45) is 0 Å². The maximum Gasteiger partial charge on any atom is 0.252 e. The molecule has 0 aromatic carbocycles. The van der Waals surface area contributed by atoms with Gasteiger partial charge in [-0.15, -0.1) is 0 Å². The molecule has 0 bridgehead atoms. The van der Waals surface area contributed by atoms with E-state index in [1.54, 1.807) is 18.3 Å². The third-order valence-electron chi connectivity index (χ3n) is 3.81. The lowest BCUT2D eigenvalue weighted by Crippen LogP contribution is -2.44. The first-order chi connectivity index (χ1) is 11.5. The van der Waals surface area contributed by atoms with Crippen LogP contribution < -0.4 is 5.32 Å². The molecule has 0 unspecified atom stereocenters. The van der Waals surface area contributed by atoms with Gasteiger partial charge < -0.3 is 10.1 Å². The Morgan fingerprint density at radius 3 is 2.75 bits per heavy atom. The van der Waals surface area contributed by atoms with Crippen LogP contribution in [0.4, 0.5) is 0 Å². The highest BCUT2D eigenvalue weighted by Crippen LogP contribution is 2.02. The molecule has 134 valence electrons. The van der Waals surface area contributed by atoms with Crippen molar-refractivity contribution < 1.29 is 17.9 Å². The van der Waals surface area contributed by atoms with E-state index in [0.29, 0.717) is 31.9 Å². The highest BCUT2D eigenvalue weighted by molar-refractivity contribution is 7.88. The van der Waals surface area contributed by atoms with E-state index in [4.69, 9.17) is 4.74 Å². The number of rotatable bonds is 8. The van der Waals surface area contributed by atoms with Gasteiger partial charge in [-0.05, 0) is 12.1 Å². The van der Waals surface area contributed by atoms with E-state index in [2.05, 4.69) is 15.2 Å². The minimum atomic E-state index is -3.32. The number of amides is 1. The second-order valence-corrected chi connectivity index (χ2v) is 7.60. The van der Waals surface area contributed by atoms with Crippen molar-refractivity contribution in [3.63, 3.8) is 0 Å². The normalized spacial score (nSPS) is 16.2. The molecular weight excluding hydrogens is 332 g/mol. The van der Waals surface area contributed by atoms with Gasteiger partial charge in [0.25, 0.3) is 5.91 Å². The van der Waals surface area contributed by atoms with Gasteiger partial charge in [0.15, 0.2) is 0 Å². The molecule has 0 aliphatic carbocycles. The molecule has 1 saturated heterocycles. The predicted molar refractivity (Wildman–Crippen MR) is 90.2 cm³/mol. The molecule has 1 amide bonds. The Morgan fingerprint density at radius 1 is 1.38 bits per heavy atom. The Morgan fingerprint density at radius 2 is 2.12 bits per heavy atom. The molecule has 0 radical (unpaired) electrons. The Labute approximate surface area is 142 Å². The summed E-state index contributed by atoms with van der Waals surface area (Å²) >= 11 is 0. The number of nitrogens with one attached hydrogen (secondary N) is 1. The number of carbonyl (C=O) groups is 1. The summed E-state index contributed by atoms with van der Waals surface area (Å²) in [5.74, 6) is -0.260. The number of sulfonamides is 1. The number of aromatic nitrogens is 1. The number of hydrogen-bond acceptors (Lipinski definition) is 6. The summed E-state index contributed by atoms with van der Waals surface area (Å²) in [5, 5.41) is 2.72. The number of hydrogen-bond donors (Lipinski definition) is 1. The number of carbonyl (C=O) groups excluding carboxylic acids is 1. The van der Waals surface area contributed by atoms with E-state index >= 15 is 0 Å². The molecule has 2 heterocycles. The van der Waals surface area contributed by atoms with Crippen LogP contribution in [-0.4, -0.2) is 87.3 Å². The molecule has 2 rings (SSSR count). The molecule has 9 heteroatoms. The number of pyridine rings is 1. The highest BCUT2D eigenvalue weighted by atomic mass is 32.2. The first kappa shape index (κ1) is 18.8. The van der Waals surface area contributed by atoms with Gasteiger partial charge in [-0.25, -0.2) is 8.42 Å². The number of nitrogens with zero attached hydrogens (tertiary/aromatic N) is 3. The molecular formula is C15H24N4O4S. The SMILES string of the molecule is CS(=O)(=O)N(CCNC(=O)c1cccnc1)CCN1CCOCC1. The monoisotopic (exact) mass is 356 g/mol. The Bertz CT molecular complexity index is 618. The maximum atomic E-state index is 11.9. The summed E-state index contributed by atoms with van der Waals surface area (Å²) in [7, 11) is -3.32. The topological polar surface area (TPSA) is 91.8 Å². The van der Waals surface area contributed by atoms with Crippen molar-refractivity contribution >= 4 is 15.9 Å². The predicted octanol–water partition coefficient (Wildman–Crippen LogP) is -0.595. The molecule has 0 saturated carbocycles. The van der Waals surface area contributed by atoms with E-state index < -0.39 is 10.0 Å². The van der Waals surface area contributed by atoms with Gasteiger partial charge in [0, 0.05) is 51.7 Å². The molecule has 0 spiro atoms. The third-order valence-corrected chi connectivity index (χ3v) is 5.11. The van der Waals surface area contributed by atoms with Crippen LogP contribution in [0.5, 0.6) is 0 Å². The second-order valence-electron chi connectivity index (χ2n) is 5.61. The Hall–Kier alpha value is -1.55. The third kappa shape index (κ3) is 6.16. The van der Waals surface area contributed by atoms with E-state index in [9.17, 15) is 13.2 Å². The van der Waals surface area contributed by atoms with Crippen molar-refractivity contribution in [3.05, 3.63) is 30.1 Å². The molecule has 1 aromatic rings. The van der Waals surface area contributed by atoms with Gasteiger partial charge in [-0.3, -0.25) is 14.7 Å². The van der Waals surface area contributed by atoms with Crippen LogP contribution >= 0.6 is 0 Å². The van der Waals surface area contributed by atoms with Crippen molar-refractivity contribution in [2.45, 2.75) is 0 Å². The lowest BCUT2D eigenvalue weighted by molar-refractivity contribution is 0.0363. The van der Waals surface area contributed by atoms with Crippen LogP contribution in [0.15, 0.2) is 24.5 Å². The summed E-state index contributed by atoms with van der Waals surface area (Å²) in [5.41, 5.74) is 0.455. The molecule has 1 N–H and O–H groups in total. The lowest BCUT2D eigenvalue weighted by atomic mass is 10.3. The second kappa shape index (κ2) is 9.07. The molecule has 1 aliphatic heterocycles. The maximum absolute atomic E-state index is 11.9. The summed E-state index contributed by atoms with van der Waals surface area (Å²) in [6.45, 7) is 4.55. The molecule has 1 fully saturated rings. The van der Waals surface area contributed by atoms with Crippen molar-refractivity contribution in [1.82, 2.24) is 19.5 Å². The summed E-state index contributed by atoms with van der Waals surface area (Å²) in [6.07, 6.45) is 4.26. The van der Waals surface area contributed by atoms with Crippen LogP contribution in [0.3, 0.4) is 0 Å². The van der Waals surface area contributed by atoms with Crippen LogP contribution in [0.25, 0.3) is 0 Å². The van der Waals surface area contributed by atoms with E-state index in [0.717, 1.165) is 13.1 Å². The molecule has 1 aromatic heterocycles. The van der Waals surface area contributed by atoms with Gasteiger partial charge >= 0.3 is 0 Å². The fourth-order valence-electron chi connectivity index (χ4n) is 2.41. The smallest absolute Gasteiger partial charge is 0.252 e. The van der Waals surface area contributed by atoms with Crippen molar-refractivity contribution in [1.29, 1.82) is 0 Å². The zero-order chi connectivity index (χ0) is 17.4. The quantitative estimate of drug-likeness (QED) is 0.669. The molecule has 8 nitrogen and oxygen atoms in total. The first-order valence-corrected chi connectivity index (χ1v) is 9.75. The van der Waals surface area contributed by atoms with Gasteiger partial charge in [-0.1, -0.05) is 0 Å². The Kier molecular flexibility index (Phi) is 7.10. The average molecular weight is 356 g/mol. The van der Waals surface area contributed by atoms with Gasteiger partial charge in [-0.2, -0.15) is 4.31 Å². The van der Waals surface area contributed by atoms with Crippen LogP contribution in [0, 0.1) is 0 Å². The van der Waals surface area contributed by atoms with Gasteiger partial charge in [0.1, 0.15) is 0 Å². The van der Waals surface area contributed by atoms with Crippen LogP contribution in [-0.2, 0) is 14.8 Å². The van der Waals surface area contributed by atoms with Crippen LogP contribution in [0.2, 0.25) is 0 Å². The summed E-state index contributed by atoms with van der Waals surface area (Å²) in [4.78, 5) is 18.0. The summed E-state index contributed by atoms with van der Waals surface area (Å²) in [6, 6.07) is 3.34. The van der Waals surface area contributed by atoms with Crippen molar-refractivity contribution in [3.8, 4) is 0 Å². The van der Waals surface area contributed by atoms with Crippen LogP contribution in [0.1, 0.15) is 10.4 Å². The number of ether oxygens (including phenoxy) is 1. The fourth-order valence-corrected chi connectivity index (χ4v) is 3.25. The van der Waals surface area contributed by atoms with Gasteiger partial charge in [0.05, 0.1) is 25.0 Å².